The number of H-pyrrole nitrogens is 1. The summed E-state index contributed by atoms with van der Waals surface area (Å²) in [7, 11) is 0. The van der Waals surface area contributed by atoms with Gasteiger partial charge in [0, 0.05) is 31.2 Å². The lowest BCUT2D eigenvalue weighted by Gasteiger charge is -2.29. The number of aromatic nitrogens is 2. The van der Waals surface area contributed by atoms with Crippen molar-refractivity contribution >= 4 is 70.9 Å². The summed E-state index contributed by atoms with van der Waals surface area (Å²) in [5, 5.41) is 29.3. The van der Waals surface area contributed by atoms with Gasteiger partial charge >= 0.3 is 5.97 Å². The van der Waals surface area contributed by atoms with Crippen molar-refractivity contribution in [3.8, 4) is 0 Å². The Kier molecular flexibility index (Phi) is 28.0. The number of carboxylic acids is 1. The molecule has 426 valence electrons. The number of primary amides is 3. The topological polar surface area (TPSA) is 480 Å². The molecule has 0 unspecified atom stereocenters. The molecule has 10 atom stereocenters. The van der Waals surface area contributed by atoms with E-state index in [1.165, 1.54) is 19.4 Å². The van der Waals surface area contributed by atoms with Gasteiger partial charge in [-0.25, -0.2) is 9.78 Å². The number of carbonyl (C=O) groups is 12. The molecule has 2 rings (SSSR count). The Morgan fingerprint density at radius 1 is 0.584 bits per heavy atom. The van der Waals surface area contributed by atoms with Gasteiger partial charge < -0.3 is 81.3 Å². The second-order valence-electron chi connectivity index (χ2n) is 19.1. The van der Waals surface area contributed by atoms with Gasteiger partial charge in [-0.05, 0) is 63.0 Å². The van der Waals surface area contributed by atoms with Gasteiger partial charge in [0.05, 0.1) is 25.2 Å². The predicted octanol–water partition coefficient (Wildman–Crippen LogP) is -4.26. The molecule has 0 spiro atoms. The van der Waals surface area contributed by atoms with Crippen LogP contribution in [0.15, 0.2) is 42.9 Å². The molecule has 77 heavy (non-hydrogen) atoms. The van der Waals surface area contributed by atoms with Crippen LogP contribution >= 0.6 is 0 Å². The quantitative estimate of drug-likeness (QED) is 0.0287. The average molecular weight is 1080 g/mol. The zero-order chi connectivity index (χ0) is 57.9. The van der Waals surface area contributed by atoms with E-state index in [4.69, 9.17) is 28.7 Å². The molecule has 0 aliphatic carbocycles. The highest BCUT2D eigenvalue weighted by atomic mass is 16.4. The van der Waals surface area contributed by atoms with Crippen LogP contribution in [0.5, 0.6) is 0 Å². The Bertz CT molecular complexity index is 2340. The number of carboxylic acid groups (broad SMARTS) is 1. The van der Waals surface area contributed by atoms with Crippen LogP contribution in [0.2, 0.25) is 0 Å². The number of nitrogens with zero attached hydrogens (tertiary/aromatic N) is 1. The van der Waals surface area contributed by atoms with Gasteiger partial charge in [-0.2, -0.15) is 0 Å². The summed E-state index contributed by atoms with van der Waals surface area (Å²) in [6, 6.07) is -4.95. The standard InChI is InChI=1S/C49H77N15O13/c1-6-26(4)40(48(75)57-27(5)41(68)58-31(14-10-11-17-50)43(70)63-36(49(76)77)18-25(2)3)64-47(74)35(22-39(54)67)62-46(73)34(21-38(53)66)61-45(72)33(19-28-12-8-7-9-13-28)60-44(71)32(15-16-37(52)65)59-42(69)30(51)20-29-23-55-24-56-29/h7-9,12-13,23-27,30-36,40H,6,10-11,14-22,50-51H2,1-5H3,(H2,52,65)(H2,53,66)(H2,54,67)(H,55,56)(H,57,75)(H,58,68)(H,59,69)(H,60,71)(H,61,72)(H,62,73)(H,63,70)(H,64,74)(H,76,77)/t26-,27-,30-,31-,32-,33-,34-,35-,36-,40-/m0/s1. The minimum Gasteiger partial charge on any atom is -0.480 e. The Morgan fingerprint density at radius 3 is 1.60 bits per heavy atom. The molecule has 0 saturated heterocycles. The highest BCUT2D eigenvalue weighted by Gasteiger charge is 2.36. The number of aromatic amines is 1. The molecular formula is C49H77N15O13. The van der Waals surface area contributed by atoms with Gasteiger partial charge in [-0.1, -0.05) is 64.4 Å². The monoisotopic (exact) mass is 1080 g/mol. The summed E-state index contributed by atoms with van der Waals surface area (Å²) < 4.78 is 0. The molecule has 20 N–H and O–H groups in total. The number of carbonyl (C=O) groups excluding carboxylic acids is 11. The normalized spacial score (nSPS) is 15.0. The van der Waals surface area contributed by atoms with Crippen molar-refractivity contribution in [2.24, 2.45) is 40.5 Å². The lowest BCUT2D eigenvalue weighted by Crippen LogP contribution is -2.61. The number of imidazole rings is 1. The number of aliphatic carboxylic acids is 1. The van der Waals surface area contributed by atoms with Gasteiger partial charge in [-0.15, -0.1) is 0 Å². The zero-order valence-corrected chi connectivity index (χ0v) is 44.1. The molecule has 0 bridgehead atoms. The van der Waals surface area contributed by atoms with Crippen molar-refractivity contribution in [3.63, 3.8) is 0 Å². The van der Waals surface area contributed by atoms with Gasteiger partial charge in [0.1, 0.15) is 48.3 Å². The molecule has 0 saturated carbocycles. The van der Waals surface area contributed by atoms with Gasteiger partial charge in [0.15, 0.2) is 0 Å². The summed E-state index contributed by atoms with van der Waals surface area (Å²) in [5.74, 6) is -12.7. The Balaban J connectivity index is 2.38. The third kappa shape index (κ3) is 24.0. The van der Waals surface area contributed by atoms with E-state index in [-0.39, 0.29) is 57.4 Å². The maximum absolute atomic E-state index is 14.2. The number of nitrogens with one attached hydrogen (secondary N) is 9. The van der Waals surface area contributed by atoms with E-state index in [9.17, 15) is 62.6 Å². The summed E-state index contributed by atoms with van der Waals surface area (Å²) in [4.78, 5) is 165. The molecule has 28 heteroatoms. The third-order valence-electron chi connectivity index (χ3n) is 12.1. The van der Waals surface area contributed by atoms with Crippen molar-refractivity contribution < 1.29 is 62.6 Å². The fourth-order valence-corrected chi connectivity index (χ4v) is 7.61. The number of benzene rings is 1. The maximum atomic E-state index is 14.2. The zero-order valence-electron chi connectivity index (χ0n) is 44.1. The summed E-state index contributed by atoms with van der Waals surface area (Å²) >= 11 is 0. The van der Waals surface area contributed by atoms with Crippen LogP contribution in [-0.2, 0) is 70.4 Å². The van der Waals surface area contributed by atoms with Crippen molar-refractivity contribution in [1.82, 2.24) is 52.5 Å². The molecule has 1 aromatic heterocycles. The van der Waals surface area contributed by atoms with E-state index in [1.807, 2.05) is 0 Å². The smallest absolute Gasteiger partial charge is 0.326 e. The van der Waals surface area contributed by atoms with Crippen LogP contribution in [0.3, 0.4) is 0 Å². The minimum absolute atomic E-state index is 0.00601. The van der Waals surface area contributed by atoms with Crippen LogP contribution in [-0.4, -0.2) is 147 Å². The van der Waals surface area contributed by atoms with Crippen LogP contribution < -0.4 is 71.2 Å². The van der Waals surface area contributed by atoms with Crippen LogP contribution in [0, 0.1) is 11.8 Å². The number of rotatable bonds is 36. The maximum Gasteiger partial charge on any atom is 0.326 e. The number of hydrogen-bond donors (Lipinski definition) is 15. The minimum atomic E-state index is -1.87. The van der Waals surface area contributed by atoms with E-state index in [0.29, 0.717) is 24.1 Å². The van der Waals surface area contributed by atoms with Gasteiger partial charge in [-0.3, -0.25) is 52.7 Å². The van der Waals surface area contributed by atoms with E-state index < -0.39 is 144 Å². The average Bonchev–Trinajstić information content (AvgIpc) is 3.87. The van der Waals surface area contributed by atoms with Crippen molar-refractivity contribution in [2.75, 3.05) is 6.54 Å². The molecule has 0 fully saturated rings. The fraction of sp³-hybridized carbons (Fsp3) is 0.571. The first-order valence-corrected chi connectivity index (χ1v) is 25.2. The van der Waals surface area contributed by atoms with Crippen molar-refractivity contribution in [3.05, 3.63) is 54.1 Å². The van der Waals surface area contributed by atoms with Gasteiger partial charge in [0.25, 0.3) is 0 Å². The second kappa shape index (κ2) is 33.1. The number of hydrogen-bond acceptors (Lipinski definition) is 15. The second-order valence-corrected chi connectivity index (χ2v) is 19.1. The summed E-state index contributed by atoms with van der Waals surface area (Å²) in [6.07, 6.45) is 1.48. The lowest BCUT2D eigenvalue weighted by molar-refractivity contribution is -0.143. The Morgan fingerprint density at radius 2 is 1.09 bits per heavy atom. The molecule has 0 aliphatic heterocycles. The van der Waals surface area contributed by atoms with Crippen LogP contribution in [0.4, 0.5) is 0 Å². The van der Waals surface area contributed by atoms with Gasteiger partial charge in [0.2, 0.25) is 65.0 Å². The highest BCUT2D eigenvalue weighted by Crippen LogP contribution is 2.13. The van der Waals surface area contributed by atoms with E-state index in [2.05, 4.69) is 52.5 Å². The van der Waals surface area contributed by atoms with Crippen LogP contribution in [0.1, 0.15) is 104 Å². The first kappa shape index (κ1) is 65.1. The first-order valence-electron chi connectivity index (χ1n) is 25.2. The van der Waals surface area contributed by atoms with Crippen molar-refractivity contribution in [2.45, 2.75) is 160 Å². The SMILES string of the molecule is CC[C@H](C)[C@H](NC(=O)[C@H](CC(N)=O)NC(=O)[C@H](CC(N)=O)NC(=O)[C@H](Cc1ccccc1)NC(=O)[C@H](CCC(N)=O)NC(=O)[C@@H](N)Cc1cnc[nH]1)C(=O)N[C@@H](C)C(=O)N[C@@H](CCCCN)C(=O)N[C@@H](CC(C)C)C(=O)O. The number of amides is 11. The molecule has 2 aromatic rings. The molecular weight excluding hydrogens is 1010 g/mol. The lowest BCUT2D eigenvalue weighted by atomic mass is 9.97. The molecule has 28 nitrogen and oxygen atoms in total. The summed E-state index contributed by atoms with van der Waals surface area (Å²) in [6.45, 7) is 8.41. The number of unbranched alkanes of at least 4 members (excludes halogenated alkanes) is 1. The fourth-order valence-electron chi connectivity index (χ4n) is 7.61. The highest BCUT2D eigenvalue weighted by molar-refractivity contribution is 6.00. The Labute approximate surface area is 445 Å². The Hall–Kier alpha value is -8.01. The largest absolute Gasteiger partial charge is 0.480 e. The predicted molar refractivity (Wildman–Crippen MR) is 277 cm³/mol. The number of nitrogens with two attached hydrogens (primary N) is 5. The molecule has 1 aromatic carbocycles. The molecule has 0 aliphatic rings. The molecule has 0 radical (unpaired) electrons. The summed E-state index contributed by atoms with van der Waals surface area (Å²) in [5.41, 5.74) is 29.0. The first-order chi connectivity index (χ1) is 36.3. The van der Waals surface area contributed by atoms with Crippen LogP contribution in [0.25, 0.3) is 0 Å². The van der Waals surface area contributed by atoms with Crippen molar-refractivity contribution in [1.29, 1.82) is 0 Å². The van der Waals surface area contributed by atoms with E-state index in [0.717, 1.165) is 0 Å². The third-order valence-corrected chi connectivity index (χ3v) is 12.1. The molecule has 1 heterocycles. The van der Waals surface area contributed by atoms with E-state index >= 15 is 0 Å². The van der Waals surface area contributed by atoms with E-state index in [1.54, 1.807) is 58.0 Å². The molecule has 11 amide bonds.